The van der Waals surface area contributed by atoms with Gasteiger partial charge in [0, 0.05) is 13.0 Å². The Labute approximate surface area is 107 Å². The van der Waals surface area contributed by atoms with Gasteiger partial charge in [0.1, 0.15) is 0 Å². The minimum absolute atomic E-state index is 0.129. The van der Waals surface area contributed by atoms with Crippen molar-refractivity contribution < 1.29 is 4.79 Å². The molecule has 17 heavy (non-hydrogen) atoms. The summed E-state index contributed by atoms with van der Waals surface area (Å²) in [5, 5.41) is 0. The van der Waals surface area contributed by atoms with E-state index in [1.54, 1.807) is 0 Å². The molecule has 0 heterocycles. The van der Waals surface area contributed by atoms with Crippen LogP contribution in [0.15, 0.2) is 0 Å². The van der Waals surface area contributed by atoms with Gasteiger partial charge in [0.05, 0.1) is 0 Å². The van der Waals surface area contributed by atoms with Crippen LogP contribution in [0.5, 0.6) is 0 Å². The van der Waals surface area contributed by atoms with E-state index in [-0.39, 0.29) is 5.91 Å². The Kier molecular flexibility index (Phi) is 13.0. The molecule has 0 aromatic carbocycles. The summed E-state index contributed by atoms with van der Waals surface area (Å²) in [5.74, 6) is 0.129. The van der Waals surface area contributed by atoms with Gasteiger partial charge in [-0.15, -0.1) is 0 Å². The first-order valence-electron chi connectivity index (χ1n) is 7.33. The van der Waals surface area contributed by atoms with Gasteiger partial charge >= 0.3 is 0 Å². The van der Waals surface area contributed by atoms with Crippen molar-refractivity contribution in [1.82, 2.24) is 10.9 Å². The summed E-state index contributed by atoms with van der Waals surface area (Å²) in [6, 6.07) is 0. The highest BCUT2D eigenvalue weighted by molar-refractivity contribution is 5.75. The van der Waals surface area contributed by atoms with Gasteiger partial charge in [0.25, 0.3) is 0 Å². The van der Waals surface area contributed by atoms with Crippen molar-refractivity contribution in [2.75, 3.05) is 6.54 Å². The first-order valence-corrected chi connectivity index (χ1v) is 7.33. The lowest BCUT2D eigenvalue weighted by Crippen LogP contribution is -2.37. The Hall–Kier alpha value is -0.570. The highest BCUT2D eigenvalue weighted by Gasteiger charge is 1.99. The van der Waals surface area contributed by atoms with Gasteiger partial charge in [-0.05, 0) is 12.8 Å². The fourth-order valence-corrected chi connectivity index (χ4v) is 1.77. The lowest BCUT2D eigenvalue weighted by atomic mass is 10.1. The molecular formula is C14H30N2O. The summed E-state index contributed by atoms with van der Waals surface area (Å²) >= 11 is 0. The van der Waals surface area contributed by atoms with Gasteiger partial charge in [-0.2, -0.15) is 0 Å². The van der Waals surface area contributed by atoms with Crippen LogP contribution in [0.4, 0.5) is 0 Å². The molecule has 0 rings (SSSR count). The van der Waals surface area contributed by atoms with Crippen molar-refractivity contribution in [3.05, 3.63) is 0 Å². The molecule has 0 aromatic heterocycles. The highest BCUT2D eigenvalue weighted by atomic mass is 16.2. The van der Waals surface area contributed by atoms with E-state index in [2.05, 4.69) is 24.7 Å². The van der Waals surface area contributed by atoms with Crippen LogP contribution in [0.2, 0.25) is 0 Å². The molecule has 3 heteroatoms. The number of hydrogen-bond donors (Lipinski definition) is 2. The van der Waals surface area contributed by atoms with Crippen LogP contribution in [-0.4, -0.2) is 12.5 Å². The summed E-state index contributed by atoms with van der Waals surface area (Å²) < 4.78 is 0. The highest BCUT2D eigenvalue weighted by Crippen LogP contribution is 2.09. The number of hydrazine groups is 1. The van der Waals surface area contributed by atoms with Crippen molar-refractivity contribution in [2.24, 2.45) is 0 Å². The summed E-state index contributed by atoms with van der Waals surface area (Å²) in [4.78, 5) is 11.3. The van der Waals surface area contributed by atoms with Gasteiger partial charge in [-0.3, -0.25) is 10.2 Å². The van der Waals surface area contributed by atoms with Crippen LogP contribution >= 0.6 is 0 Å². The monoisotopic (exact) mass is 242 g/mol. The van der Waals surface area contributed by atoms with Gasteiger partial charge in [-0.1, -0.05) is 58.8 Å². The summed E-state index contributed by atoms with van der Waals surface area (Å²) in [5.41, 5.74) is 5.62. The number of unbranched alkanes of at least 4 members (excludes halogenated alkanes) is 7. The van der Waals surface area contributed by atoms with E-state index in [4.69, 9.17) is 0 Å². The van der Waals surface area contributed by atoms with Crippen LogP contribution in [0, 0.1) is 0 Å². The molecule has 0 aromatic rings. The molecule has 0 radical (unpaired) electrons. The number of nitrogens with one attached hydrogen (secondary N) is 2. The molecule has 0 unspecified atom stereocenters. The summed E-state index contributed by atoms with van der Waals surface area (Å²) in [7, 11) is 0. The van der Waals surface area contributed by atoms with Crippen molar-refractivity contribution in [3.63, 3.8) is 0 Å². The third-order valence-corrected chi connectivity index (χ3v) is 2.86. The van der Waals surface area contributed by atoms with Crippen LogP contribution in [0.1, 0.15) is 78.1 Å². The Morgan fingerprint density at radius 2 is 1.41 bits per heavy atom. The zero-order chi connectivity index (χ0) is 12.8. The molecule has 0 bridgehead atoms. The lowest BCUT2D eigenvalue weighted by molar-refractivity contribution is -0.122. The molecule has 0 aliphatic rings. The molecule has 102 valence electrons. The van der Waals surface area contributed by atoms with Crippen molar-refractivity contribution in [3.8, 4) is 0 Å². The largest absolute Gasteiger partial charge is 0.292 e. The van der Waals surface area contributed by atoms with Crippen LogP contribution in [0.3, 0.4) is 0 Å². The van der Waals surface area contributed by atoms with Gasteiger partial charge in [-0.25, -0.2) is 5.43 Å². The second kappa shape index (κ2) is 13.5. The number of amides is 1. The molecule has 0 fully saturated rings. The third-order valence-electron chi connectivity index (χ3n) is 2.86. The first kappa shape index (κ1) is 16.4. The van der Waals surface area contributed by atoms with E-state index in [0.717, 1.165) is 19.4 Å². The van der Waals surface area contributed by atoms with Crippen LogP contribution in [0.25, 0.3) is 0 Å². The van der Waals surface area contributed by atoms with E-state index in [1.165, 1.54) is 44.9 Å². The summed E-state index contributed by atoms with van der Waals surface area (Å²) in [6.45, 7) is 5.17. The van der Waals surface area contributed by atoms with E-state index in [9.17, 15) is 4.79 Å². The maximum atomic E-state index is 11.3. The number of carbonyl (C=O) groups is 1. The summed E-state index contributed by atoms with van der Waals surface area (Å²) in [6.07, 6.45) is 11.9. The lowest BCUT2D eigenvalue weighted by Gasteiger charge is -2.05. The molecule has 0 spiro atoms. The zero-order valence-corrected chi connectivity index (χ0v) is 11.7. The molecular weight excluding hydrogens is 212 g/mol. The average molecular weight is 242 g/mol. The molecule has 1 amide bonds. The Bertz CT molecular complexity index is 172. The molecule has 3 nitrogen and oxygen atoms in total. The van der Waals surface area contributed by atoms with Gasteiger partial charge in [0.15, 0.2) is 0 Å². The first-order chi connectivity index (χ1) is 8.31. The fraction of sp³-hybridized carbons (Fsp3) is 0.929. The third kappa shape index (κ3) is 13.4. The van der Waals surface area contributed by atoms with E-state index in [0.29, 0.717) is 6.42 Å². The minimum atomic E-state index is 0.129. The zero-order valence-electron chi connectivity index (χ0n) is 11.7. The number of hydrogen-bond acceptors (Lipinski definition) is 2. The Morgan fingerprint density at radius 1 is 0.824 bits per heavy atom. The smallest absolute Gasteiger partial charge is 0.234 e. The SMILES string of the molecule is CCCCCCCCCCC(=O)NNCCC. The van der Waals surface area contributed by atoms with Gasteiger partial charge in [0.2, 0.25) is 5.91 Å². The number of carbonyl (C=O) groups excluding carboxylic acids is 1. The Morgan fingerprint density at radius 3 is 2.00 bits per heavy atom. The predicted molar refractivity (Wildman–Crippen MR) is 73.7 cm³/mol. The molecule has 2 N–H and O–H groups in total. The fourth-order valence-electron chi connectivity index (χ4n) is 1.77. The predicted octanol–water partition coefficient (Wildman–Crippen LogP) is 3.55. The normalized spacial score (nSPS) is 10.5. The van der Waals surface area contributed by atoms with Crippen molar-refractivity contribution in [2.45, 2.75) is 78.1 Å². The minimum Gasteiger partial charge on any atom is -0.292 e. The van der Waals surface area contributed by atoms with Crippen LogP contribution < -0.4 is 10.9 Å². The standard InChI is InChI=1S/C14H30N2O/c1-3-5-6-7-8-9-10-11-12-14(17)16-15-13-4-2/h15H,3-13H2,1-2H3,(H,16,17). The maximum absolute atomic E-state index is 11.3. The molecule has 0 aliphatic heterocycles. The second-order valence-electron chi connectivity index (χ2n) is 4.70. The van der Waals surface area contributed by atoms with E-state index in [1.807, 2.05) is 0 Å². The molecule has 0 atom stereocenters. The number of rotatable bonds is 12. The topological polar surface area (TPSA) is 41.1 Å². The maximum Gasteiger partial charge on any atom is 0.234 e. The quantitative estimate of drug-likeness (QED) is 0.406. The van der Waals surface area contributed by atoms with E-state index >= 15 is 0 Å². The average Bonchev–Trinajstić information content (AvgIpc) is 2.33. The molecule has 0 saturated heterocycles. The second-order valence-corrected chi connectivity index (χ2v) is 4.70. The molecule has 0 saturated carbocycles. The van der Waals surface area contributed by atoms with Gasteiger partial charge < -0.3 is 0 Å². The van der Waals surface area contributed by atoms with E-state index < -0.39 is 0 Å². The Balaban J connectivity index is 3.08. The van der Waals surface area contributed by atoms with Crippen LogP contribution in [-0.2, 0) is 4.79 Å². The van der Waals surface area contributed by atoms with Crippen molar-refractivity contribution in [1.29, 1.82) is 0 Å². The molecule has 0 aliphatic carbocycles. The van der Waals surface area contributed by atoms with Crippen molar-refractivity contribution >= 4 is 5.91 Å².